The van der Waals surface area contributed by atoms with Gasteiger partial charge in [-0.2, -0.15) is 0 Å². The van der Waals surface area contributed by atoms with Crippen LogP contribution >= 0.6 is 11.8 Å². The molecular formula is C19H21N3O3S. The van der Waals surface area contributed by atoms with Gasteiger partial charge in [-0.05, 0) is 49.1 Å². The van der Waals surface area contributed by atoms with Crippen molar-refractivity contribution in [3.8, 4) is 0 Å². The third-order valence-corrected chi connectivity index (χ3v) is 5.17. The molecule has 0 spiro atoms. The summed E-state index contributed by atoms with van der Waals surface area (Å²) in [5.74, 6) is -0.423. The zero-order chi connectivity index (χ0) is 18.5. The first-order chi connectivity index (χ1) is 12.6. The maximum Gasteiger partial charge on any atom is 0.272 e. The highest BCUT2D eigenvalue weighted by Crippen LogP contribution is 2.17. The molecule has 136 valence electrons. The second kappa shape index (κ2) is 8.33. The van der Waals surface area contributed by atoms with Crippen LogP contribution in [0.5, 0.6) is 0 Å². The van der Waals surface area contributed by atoms with Gasteiger partial charge in [-0.25, -0.2) is 0 Å². The lowest BCUT2D eigenvalue weighted by atomic mass is 10.0. The molecule has 1 aliphatic rings. The number of carbonyl (C=O) groups is 2. The first kappa shape index (κ1) is 18.4. The number of nitrogens with zero attached hydrogens (tertiary/aromatic N) is 2. The highest BCUT2D eigenvalue weighted by molar-refractivity contribution is 7.98. The SMILES string of the molecule is CSc1ccc(C(=O)N[C@@H]2CCN(C(=O)c3ccccn3)C[C@H]2O)cc1. The molecule has 3 rings (SSSR count). The first-order valence-corrected chi connectivity index (χ1v) is 9.64. The molecule has 1 aromatic heterocycles. The summed E-state index contributed by atoms with van der Waals surface area (Å²) in [7, 11) is 0. The topological polar surface area (TPSA) is 82.5 Å². The molecule has 2 atom stereocenters. The summed E-state index contributed by atoms with van der Waals surface area (Å²) in [4.78, 5) is 31.5. The summed E-state index contributed by atoms with van der Waals surface area (Å²) in [6.07, 6.45) is 3.23. The van der Waals surface area contributed by atoms with Gasteiger partial charge in [0, 0.05) is 29.7 Å². The van der Waals surface area contributed by atoms with Crippen molar-refractivity contribution in [2.45, 2.75) is 23.5 Å². The van der Waals surface area contributed by atoms with Crippen LogP contribution in [0.15, 0.2) is 53.6 Å². The van der Waals surface area contributed by atoms with Crippen molar-refractivity contribution < 1.29 is 14.7 Å². The number of hydrogen-bond acceptors (Lipinski definition) is 5. The minimum atomic E-state index is -0.814. The normalized spacial score (nSPS) is 19.8. The third kappa shape index (κ3) is 4.23. The molecule has 1 aromatic carbocycles. The van der Waals surface area contributed by atoms with Crippen molar-refractivity contribution >= 4 is 23.6 Å². The lowest BCUT2D eigenvalue weighted by Gasteiger charge is -2.36. The molecular weight excluding hydrogens is 350 g/mol. The Labute approximate surface area is 156 Å². The first-order valence-electron chi connectivity index (χ1n) is 8.42. The minimum absolute atomic E-state index is 0.172. The van der Waals surface area contributed by atoms with Gasteiger partial charge in [-0.15, -0.1) is 11.8 Å². The summed E-state index contributed by atoms with van der Waals surface area (Å²) in [6.45, 7) is 0.634. The molecule has 0 saturated carbocycles. The van der Waals surface area contributed by atoms with E-state index in [1.807, 2.05) is 18.4 Å². The number of amides is 2. The fraction of sp³-hybridized carbons (Fsp3) is 0.316. The molecule has 1 fully saturated rings. The van der Waals surface area contributed by atoms with Gasteiger partial charge in [0.05, 0.1) is 12.1 Å². The molecule has 7 heteroatoms. The molecule has 1 aliphatic heterocycles. The number of aliphatic hydroxyl groups is 1. The number of β-amino-alcohol motifs (C(OH)–C–C–N with tert-alkyl or cyclic N) is 1. The van der Waals surface area contributed by atoms with Crippen LogP contribution in [0.2, 0.25) is 0 Å². The Morgan fingerprint density at radius 1 is 1.23 bits per heavy atom. The van der Waals surface area contributed by atoms with Crippen LogP contribution in [-0.2, 0) is 0 Å². The Morgan fingerprint density at radius 3 is 2.62 bits per heavy atom. The van der Waals surface area contributed by atoms with Gasteiger partial charge in [-0.3, -0.25) is 14.6 Å². The lowest BCUT2D eigenvalue weighted by molar-refractivity contribution is 0.0311. The smallest absolute Gasteiger partial charge is 0.272 e. The summed E-state index contributed by atoms with van der Waals surface area (Å²) >= 11 is 1.61. The number of likely N-dealkylation sites (tertiary alicyclic amines) is 1. The minimum Gasteiger partial charge on any atom is -0.389 e. The number of piperidine rings is 1. The molecule has 0 bridgehead atoms. The quantitative estimate of drug-likeness (QED) is 0.801. The van der Waals surface area contributed by atoms with E-state index < -0.39 is 6.10 Å². The zero-order valence-electron chi connectivity index (χ0n) is 14.5. The van der Waals surface area contributed by atoms with E-state index in [2.05, 4.69) is 10.3 Å². The number of benzene rings is 1. The van der Waals surface area contributed by atoms with Crippen LogP contribution in [0.25, 0.3) is 0 Å². The molecule has 0 unspecified atom stereocenters. The van der Waals surface area contributed by atoms with Crippen molar-refractivity contribution in [2.24, 2.45) is 0 Å². The molecule has 1 saturated heterocycles. The Bertz CT molecular complexity index is 767. The van der Waals surface area contributed by atoms with Crippen LogP contribution in [0, 0.1) is 0 Å². The number of aliphatic hydroxyl groups excluding tert-OH is 1. The zero-order valence-corrected chi connectivity index (χ0v) is 15.3. The predicted octanol–water partition coefficient (Wildman–Crippen LogP) is 1.81. The van der Waals surface area contributed by atoms with Gasteiger partial charge in [0.1, 0.15) is 5.69 Å². The van der Waals surface area contributed by atoms with Crippen molar-refractivity contribution in [3.63, 3.8) is 0 Å². The number of hydrogen-bond donors (Lipinski definition) is 2. The van der Waals surface area contributed by atoms with E-state index in [0.717, 1.165) is 4.90 Å². The summed E-state index contributed by atoms with van der Waals surface area (Å²) in [6, 6.07) is 12.1. The third-order valence-electron chi connectivity index (χ3n) is 4.42. The van der Waals surface area contributed by atoms with Gasteiger partial charge in [0.2, 0.25) is 0 Å². The van der Waals surface area contributed by atoms with E-state index in [1.54, 1.807) is 53.2 Å². The van der Waals surface area contributed by atoms with E-state index in [9.17, 15) is 14.7 Å². The number of carbonyl (C=O) groups excluding carboxylic acids is 2. The Hall–Kier alpha value is -2.38. The second-order valence-corrected chi connectivity index (χ2v) is 7.01. The number of rotatable bonds is 4. The van der Waals surface area contributed by atoms with Crippen LogP contribution in [0.3, 0.4) is 0 Å². The second-order valence-electron chi connectivity index (χ2n) is 6.13. The van der Waals surface area contributed by atoms with Gasteiger partial charge < -0.3 is 15.3 Å². The summed E-state index contributed by atoms with van der Waals surface area (Å²) in [5, 5.41) is 13.3. The Kier molecular flexibility index (Phi) is 5.90. The van der Waals surface area contributed by atoms with Crippen molar-refractivity contribution in [2.75, 3.05) is 19.3 Å². The summed E-state index contributed by atoms with van der Waals surface area (Å²) in [5.41, 5.74) is 0.915. The number of aromatic nitrogens is 1. The fourth-order valence-electron chi connectivity index (χ4n) is 2.93. The molecule has 2 aromatic rings. The molecule has 0 aliphatic carbocycles. The van der Waals surface area contributed by atoms with Gasteiger partial charge >= 0.3 is 0 Å². The monoisotopic (exact) mass is 371 g/mol. The standard InChI is InChI=1S/C19H21N3O3S/c1-26-14-7-5-13(6-8-14)18(24)21-15-9-11-22(12-17(15)23)19(25)16-4-2-3-10-20-16/h2-8,10,15,17,23H,9,11-12H2,1H3,(H,21,24)/t15-,17-/m1/s1. The van der Waals surface area contributed by atoms with Crippen molar-refractivity contribution in [3.05, 3.63) is 59.9 Å². The van der Waals surface area contributed by atoms with Crippen LogP contribution in [0.1, 0.15) is 27.3 Å². The van der Waals surface area contributed by atoms with Crippen LogP contribution in [-0.4, -0.2) is 58.3 Å². The highest BCUT2D eigenvalue weighted by atomic mass is 32.2. The average molecular weight is 371 g/mol. The number of thioether (sulfide) groups is 1. The Balaban J connectivity index is 1.58. The largest absolute Gasteiger partial charge is 0.389 e. The van der Waals surface area contributed by atoms with Gasteiger partial charge in [0.15, 0.2) is 0 Å². The van der Waals surface area contributed by atoms with Crippen molar-refractivity contribution in [1.29, 1.82) is 0 Å². The maximum absolute atomic E-state index is 12.4. The number of nitrogens with one attached hydrogen (secondary N) is 1. The van der Waals surface area contributed by atoms with Gasteiger partial charge in [0.25, 0.3) is 11.8 Å². The molecule has 0 radical (unpaired) electrons. The molecule has 2 amide bonds. The number of pyridine rings is 1. The lowest BCUT2D eigenvalue weighted by Crippen LogP contribution is -2.55. The molecule has 26 heavy (non-hydrogen) atoms. The summed E-state index contributed by atoms with van der Waals surface area (Å²) < 4.78 is 0. The molecule has 2 N–H and O–H groups in total. The van der Waals surface area contributed by atoms with Crippen LogP contribution in [0.4, 0.5) is 0 Å². The van der Waals surface area contributed by atoms with E-state index in [1.165, 1.54) is 0 Å². The van der Waals surface area contributed by atoms with Gasteiger partial charge in [-0.1, -0.05) is 6.07 Å². The van der Waals surface area contributed by atoms with E-state index in [4.69, 9.17) is 0 Å². The van der Waals surface area contributed by atoms with E-state index in [-0.39, 0.29) is 24.4 Å². The molecule has 2 heterocycles. The predicted molar refractivity (Wildman–Crippen MR) is 100 cm³/mol. The van der Waals surface area contributed by atoms with E-state index >= 15 is 0 Å². The highest BCUT2D eigenvalue weighted by Gasteiger charge is 2.32. The average Bonchev–Trinajstić information content (AvgIpc) is 2.69. The maximum atomic E-state index is 12.4. The van der Waals surface area contributed by atoms with Crippen LogP contribution < -0.4 is 5.32 Å². The molecule has 6 nitrogen and oxygen atoms in total. The Morgan fingerprint density at radius 2 is 2.00 bits per heavy atom. The van der Waals surface area contributed by atoms with Crippen molar-refractivity contribution in [1.82, 2.24) is 15.2 Å². The fourth-order valence-corrected chi connectivity index (χ4v) is 3.34. The van der Waals surface area contributed by atoms with E-state index in [0.29, 0.717) is 24.2 Å².